The number of hydrogen-bond acceptors (Lipinski definition) is 3. The fraction of sp³-hybridized carbons (Fsp3) is 0.385. The molecule has 0 atom stereocenters. The van der Waals surface area contributed by atoms with E-state index in [-0.39, 0.29) is 11.8 Å². The molecule has 0 fully saturated rings. The molecule has 0 bridgehead atoms. The van der Waals surface area contributed by atoms with Gasteiger partial charge in [0, 0.05) is 10.9 Å². The summed E-state index contributed by atoms with van der Waals surface area (Å²) < 4.78 is 1.68. The van der Waals surface area contributed by atoms with Crippen molar-refractivity contribution in [2.24, 2.45) is 0 Å². The number of aromatic nitrogens is 2. The molecule has 0 aliphatic rings. The second-order valence-electron chi connectivity index (χ2n) is 4.33. The molecule has 0 saturated heterocycles. The molecule has 0 aromatic carbocycles. The van der Waals surface area contributed by atoms with Crippen molar-refractivity contribution < 1.29 is 4.79 Å². The summed E-state index contributed by atoms with van der Waals surface area (Å²) in [4.78, 5) is 14.4. The number of ketones is 1. The molecule has 0 saturated carbocycles. The van der Waals surface area contributed by atoms with Gasteiger partial charge in [0.2, 0.25) is 5.78 Å². The molecular weight excluding hydrogens is 268 g/mol. The van der Waals surface area contributed by atoms with E-state index in [9.17, 15) is 4.79 Å². The Hall–Kier alpha value is -1.13. The number of aryl methyl sites for hydroxylation is 1. The van der Waals surface area contributed by atoms with E-state index in [1.54, 1.807) is 4.68 Å². The van der Waals surface area contributed by atoms with Gasteiger partial charge in [-0.05, 0) is 32.4 Å². The Morgan fingerprint density at radius 1 is 1.50 bits per heavy atom. The molecule has 2 rings (SSSR count). The van der Waals surface area contributed by atoms with Gasteiger partial charge in [0.25, 0.3) is 0 Å². The van der Waals surface area contributed by atoms with Crippen LogP contribution in [-0.2, 0) is 6.42 Å². The zero-order valence-corrected chi connectivity index (χ0v) is 12.2. The molecule has 96 valence electrons. The third-order valence-corrected chi connectivity index (χ3v) is 4.19. The van der Waals surface area contributed by atoms with Crippen molar-refractivity contribution >= 4 is 28.7 Å². The highest BCUT2D eigenvalue weighted by Gasteiger charge is 2.21. The summed E-state index contributed by atoms with van der Waals surface area (Å²) in [6, 6.07) is 3.96. The minimum Gasteiger partial charge on any atom is -0.286 e. The number of nitrogens with zero attached hydrogens (tertiary/aromatic N) is 2. The van der Waals surface area contributed by atoms with Gasteiger partial charge in [-0.15, -0.1) is 11.3 Å². The Morgan fingerprint density at radius 2 is 2.22 bits per heavy atom. The Kier molecular flexibility index (Phi) is 3.88. The highest BCUT2D eigenvalue weighted by atomic mass is 35.5. The predicted molar refractivity (Wildman–Crippen MR) is 74.8 cm³/mol. The number of carbonyl (C=O) groups excluding carboxylic acids is 1. The van der Waals surface area contributed by atoms with E-state index in [0.717, 1.165) is 11.3 Å². The van der Waals surface area contributed by atoms with E-state index in [1.165, 1.54) is 22.4 Å². The van der Waals surface area contributed by atoms with E-state index < -0.39 is 0 Å². The lowest BCUT2D eigenvalue weighted by molar-refractivity contribution is 0.103. The van der Waals surface area contributed by atoms with Crippen LogP contribution in [0.4, 0.5) is 0 Å². The smallest absolute Gasteiger partial charge is 0.222 e. The summed E-state index contributed by atoms with van der Waals surface area (Å²) in [5.41, 5.74) is 0.483. The molecule has 0 radical (unpaired) electrons. The monoisotopic (exact) mass is 282 g/mol. The maximum Gasteiger partial charge on any atom is 0.222 e. The highest BCUT2D eigenvalue weighted by molar-refractivity contribution is 7.14. The second kappa shape index (κ2) is 5.24. The molecule has 0 aliphatic carbocycles. The van der Waals surface area contributed by atoms with Gasteiger partial charge in [0.15, 0.2) is 0 Å². The largest absolute Gasteiger partial charge is 0.286 e. The first-order valence-corrected chi connectivity index (χ1v) is 7.10. The predicted octanol–water partition coefficient (Wildman–Crippen LogP) is 3.97. The third kappa shape index (κ3) is 2.35. The topological polar surface area (TPSA) is 34.9 Å². The van der Waals surface area contributed by atoms with Crippen molar-refractivity contribution in [1.29, 1.82) is 0 Å². The van der Waals surface area contributed by atoms with Crippen LogP contribution in [0.15, 0.2) is 18.3 Å². The van der Waals surface area contributed by atoms with Crippen molar-refractivity contribution in [3.8, 4) is 0 Å². The Morgan fingerprint density at radius 3 is 2.78 bits per heavy atom. The van der Waals surface area contributed by atoms with Gasteiger partial charge in [0.1, 0.15) is 5.69 Å². The zero-order chi connectivity index (χ0) is 13.3. The first-order chi connectivity index (χ1) is 8.54. The van der Waals surface area contributed by atoms with Gasteiger partial charge >= 0.3 is 0 Å². The van der Waals surface area contributed by atoms with Crippen LogP contribution in [0.1, 0.15) is 47.1 Å². The average molecular weight is 283 g/mol. The van der Waals surface area contributed by atoms with Gasteiger partial charge in [-0.2, -0.15) is 5.10 Å². The fourth-order valence-corrected chi connectivity index (χ4v) is 2.86. The lowest BCUT2D eigenvalue weighted by atomic mass is 10.2. The number of hydrogen-bond donors (Lipinski definition) is 0. The van der Waals surface area contributed by atoms with E-state index in [1.807, 2.05) is 26.0 Å². The number of carbonyl (C=O) groups is 1. The fourth-order valence-electron chi connectivity index (χ4n) is 1.75. The molecule has 2 heterocycles. The summed E-state index contributed by atoms with van der Waals surface area (Å²) in [6.07, 6.45) is 2.47. The minimum atomic E-state index is -0.0455. The molecular formula is C13H15ClN2OS. The maximum atomic E-state index is 12.4. The number of rotatable bonds is 4. The summed E-state index contributed by atoms with van der Waals surface area (Å²) in [5, 5.41) is 4.57. The maximum absolute atomic E-state index is 12.4. The van der Waals surface area contributed by atoms with Crippen LogP contribution in [0.25, 0.3) is 0 Å². The van der Waals surface area contributed by atoms with Crippen molar-refractivity contribution in [2.75, 3.05) is 0 Å². The van der Waals surface area contributed by atoms with E-state index in [4.69, 9.17) is 11.6 Å². The Bertz CT molecular complexity index is 571. The lowest BCUT2D eigenvalue weighted by Crippen LogP contribution is -2.13. The summed E-state index contributed by atoms with van der Waals surface area (Å²) >= 11 is 7.59. The van der Waals surface area contributed by atoms with Crippen LogP contribution < -0.4 is 0 Å². The summed E-state index contributed by atoms with van der Waals surface area (Å²) in [5.74, 6) is -0.0455. The lowest BCUT2D eigenvalue weighted by Gasteiger charge is -2.09. The molecule has 18 heavy (non-hydrogen) atoms. The first-order valence-electron chi connectivity index (χ1n) is 5.91. The minimum absolute atomic E-state index is 0.0455. The van der Waals surface area contributed by atoms with Gasteiger partial charge in [0.05, 0.1) is 16.1 Å². The normalized spacial score (nSPS) is 11.2. The molecule has 0 N–H and O–H groups in total. The summed E-state index contributed by atoms with van der Waals surface area (Å²) in [6.45, 7) is 6.03. The van der Waals surface area contributed by atoms with Crippen LogP contribution >= 0.6 is 22.9 Å². The molecule has 0 unspecified atom stereocenters. The van der Waals surface area contributed by atoms with Crippen molar-refractivity contribution in [3.63, 3.8) is 0 Å². The third-order valence-electron chi connectivity index (χ3n) is 2.69. The quantitative estimate of drug-likeness (QED) is 0.795. The summed E-state index contributed by atoms with van der Waals surface area (Å²) in [7, 11) is 0. The molecule has 0 aliphatic heterocycles. The van der Waals surface area contributed by atoms with E-state index >= 15 is 0 Å². The Balaban J connectivity index is 2.42. The van der Waals surface area contributed by atoms with Crippen molar-refractivity contribution in [3.05, 3.63) is 38.8 Å². The van der Waals surface area contributed by atoms with Crippen LogP contribution in [0, 0.1) is 0 Å². The molecule has 3 nitrogen and oxygen atoms in total. The second-order valence-corrected chi connectivity index (χ2v) is 5.90. The Labute approximate surface area is 115 Å². The van der Waals surface area contributed by atoms with Crippen LogP contribution in [-0.4, -0.2) is 15.6 Å². The zero-order valence-electron chi connectivity index (χ0n) is 10.6. The van der Waals surface area contributed by atoms with Crippen LogP contribution in [0.3, 0.4) is 0 Å². The molecule has 0 amide bonds. The van der Waals surface area contributed by atoms with Gasteiger partial charge in [-0.1, -0.05) is 18.5 Å². The number of halogens is 1. The van der Waals surface area contributed by atoms with Gasteiger partial charge < -0.3 is 0 Å². The SMILES string of the molecule is CCc1ccc(C(=O)c2c(Cl)cnn2C(C)C)s1. The van der Waals surface area contributed by atoms with E-state index in [2.05, 4.69) is 12.0 Å². The van der Waals surface area contributed by atoms with E-state index in [0.29, 0.717) is 10.7 Å². The van der Waals surface area contributed by atoms with Crippen LogP contribution in [0.5, 0.6) is 0 Å². The highest BCUT2D eigenvalue weighted by Crippen LogP contribution is 2.26. The number of thiophene rings is 1. The van der Waals surface area contributed by atoms with Crippen molar-refractivity contribution in [1.82, 2.24) is 9.78 Å². The molecule has 2 aromatic heterocycles. The average Bonchev–Trinajstić information content (AvgIpc) is 2.94. The van der Waals surface area contributed by atoms with Crippen molar-refractivity contribution in [2.45, 2.75) is 33.2 Å². The molecule has 0 spiro atoms. The standard InChI is InChI=1S/C13H15ClN2OS/c1-4-9-5-6-11(18-9)13(17)12-10(14)7-15-16(12)8(2)3/h5-8H,4H2,1-3H3. The molecule has 2 aromatic rings. The van der Waals surface area contributed by atoms with Crippen LogP contribution in [0.2, 0.25) is 5.02 Å². The molecule has 5 heteroatoms. The first kappa shape index (κ1) is 13.3. The van der Waals surface area contributed by atoms with Gasteiger partial charge in [-0.3, -0.25) is 9.48 Å². The van der Waals surface area contributed by atoms with Gasteiger partial charge in [-0.25, -0.2) is 0 Å².